The number of halogens is 4. The highest BCUT2D eigenvalue weighted by Crippen LogP contribution is 2.43. The molecule has 18 heavy (non-hydrogen) atoms. The second kappa shape index (κ2) is 6.08. The van der Waals surface area contributed by atoms with Crippen LogP contribution in [0.25, 0.3) is 0 Å². The lowest BCUT2D eigenvalue weighted by atomic mass is 10.1. The summed E-state index contributed by atoms with van der Waals surface area (Å²) in [6, 6.07) is 1.21. The number of hydrogen-bond acceptors (Lipinski definition) is 3. The highest BCUT2D eigenvalue weighted by atomic mass is 79.9. The quantitative estimate of drug-likeness (QED) is 0.559. The molecule has 0 aliphatic heterocycles. The van der Waals surface area contributed by atoms with Gasteiger partial charge in [-0.05, 0) is 42.5 Å². The van der Waals surface area contributed by atoms with Crippen LogP contribution >= 0.6 is 15.9 Å². The van der Waals surface area contributed by atoms with E-state index in [4.69, 9.17) is 14.4 Å². The largest absolute Gasteiger partial charge is 0.500 e. The summed E-state index contributed by atoms with van der Waals surface area (Å²) in [5, 5.41) is 8.95. The van der Waals surface area contributed by atoms with E-state index in [2.05, 4.69) is 15.9 Å². The number of nitrogens with zero attached hydrogens (tertiary/aromatic N) is 1. The summed E-state index contributed by atoms with van der Waals surface area (Å²) in [7, 11) is -2.59. The molecule has 0 fully saturated rings. The SMILES string of the molecule is CCO/C=C(\Br)C(C#N)(O[Si](C)(C)C)C(F)(F)F. The van der Waals surface area contributed by atoms with Crippen molar-refractivity contribution in [2.75, 3.05) is 6.61 Å². The average molecular weight is 346 g/mol. The van der Waals surface area contributed by atoms with Crippen LogP contribution in [0.3, 0.4) is 0 Å². The van der Waals surface area contributed by atoms with Gasteiger partial charge in [-0.3, -0.25) is 0 Å². The van der Waals surface area contributed by atoms with Gasteiger partial charge in [0.15, 0.2) is 8.32 Å². The molecule has 0 rings (SSSR count). The van der Waals surface area contributed by atoms with E-state index in [1.165, 1.54) is 6.07 Å². The molecule has 0 bridgehead atoms. The summed E-state index contributed by atoms with van der Waals surface area (Å²) in [4.78, 5) is 0. The van der Waals surface area contributed by atoms with Gasteiger partial charge in [0.1, 0.15) is 6.07 Å². The monoisotopic (exact) mass is 345 g/mol. The zero-order valence-electron chi connectivity index (χ0n) is 10.6. The molecule has 0 aromatic carbocycles. The predicted octanol–water partition coefficient (Wildman–Crippen LogP) is 3.94. The van der Waals surface area contributed by atoms with Gasteiger partial charge in [-0.1, -0.05) is 0 Å². The van der Waals surface area contributed by atoms with Crippen LogP contribution in [0.5, 0.6) is 0 Å². The van der Waals surface area contributed by atoms with Gasteiger partial charge >= 0.3 is 6.18 Å². The number of nitriles is 1. The lowest BCUT2D eigenvalue weighted by Crippen LogP contribution is -2.52. The van der Waals surface area contributed by atoms with Gasteiger partial charge < -0.3 is 9.16 Å². The smallest absolute Gasteiger partial charge is 0.435 e. The maximum atomic E-state index is 13.1. The summed E-state index contributed by atoms with van der Waals surface area (Å²) in [5.74, 6) is 0. The van der Waals surface area contributed by atoms with E-state index in [9.17, 15) is 13.2 Å². The zero-order chi connectivity index (χ0) is 14.6. The molecule has 0 N–H and O–H groups in total. The summed E-state index contributed by atoms with van der Waals surface area (Å²) >= 11 is 2.74. The Labute approximate surface area is 114 Å². The van der Waals surface area contributed by atoms with Crippen LogP contribution in [0.1, 0.15) is 6.92 Å². The number of rotatable bonds is 5. The van der Waals surface area contributed by atoms with Crippen LogP contribution in [0.2, 0.25) is 19.6 Å². The Morgan fingerprint density at radius 1 is 1.39 bits per heavy atom. The molecule has 0 saturated carbocycles. The highest BCUT2D eigenvalue weighted by molar-refractivity contribution is 9.11. The van der Waals surface area contributed by atoms with Gasteiger partial charge in [-0.2, -0.15) is 18.4 Å². The average Bonchev–Trinajstić information content (AvgIpc) is 2.19. The fourth-order valence-corrected chi connectivity index (χ4v) is 2.95. The summed E-state index contributed by atoms with van der Waals surface area (Å²) < 4.78 is 48.8. The Bertz CT molecular complexity index is 360. The number of hydrogen-bond donors (Lipinski definition) is 0. The first-order valence-electron chi connectivity index (χ1n) is 5.16. The fraction of sp³-hybridized carbons (Fsp3) is 0.700. The third kappa shape index (κ3) is 4.30. The Balaban J connectivity index is 5.62. The van der Waals surface area contributed by atoms with Crippen molar-refractivity contribution in [3.05, 3.63) is 10.7 Å². The van der Waals surface area contributed by atoms with Gasteiger partial charge in [0.25, 0.3) is 5.60 Å². The van der Waals surface area contributed by atoms with Crippen molar-refractivity contribution in [2.24, 2.45) is 0 Å². The lowest BCUT2D eigenvalue weighted by molar-refractivity contribution is -0.212. The van der Waals surface area contributed by atoms with E-state index in [1.54, 1.807) is 26.6 Å². The molecule has 0 aromatic heterocycles. The fourth-order valence-electron chi connectivity index (χ4n) is 1.08. The van der Waals surface area contributed by atoms with Crippen molar-refractivity contribution >= 4 is 24.2 Å². The van der Waals surface area contributed by atoms with Crippen LogP contribution in [-0.2, 0) is 9.16 Å². The van der Waals surface area contributed by atoms with E-state index in [1.807, 2.05) is 0 Å². The van der Waals surface area contributed by atoms with Crippen LogP contribution < -0.4 is 0 Å². The standard InChI is InChI=1S/C10H15BrF3NO2Si/c1-5-16-6-8(11)9(7-15,10(12,13)14)17-18(2,3)4/h6H,5H2,1-4H3/b8-6-. The van der Waals surface area contributed by atoms with Crippen LogP contribution in [0.15, 0.2) is 10.7 Å². The predicted molar refractivity (Wildman–Crippen MR) is 67.5 cm³/mol. The second-order valence-electron chi connectivity index (χ2n) is 4.43. The maximum absolute atomic E-state index is 13.1. The van der Waals surface area contributed by atoms with Gasteiger partial charge in [-0.15, -0.1) is 0 Å². The highest BCUT2D eigenvalue weighted by Gasteiger charge is 2.61. The van der Waals surface area contributed by atoms with E-state index < -0.39 is 24.6 Å². The van der Waals surface area contributed by atoms with Crippen molar-refractivity contribution in [2.45, 2.75) is 38.3 Å². The molecule has 3 nitrogen and oxygen atoms in total. The molecule has 0 heterocycles. The minimum Gasteiger partial charge on any atom is -0.500 e. The molecule has 0 saturated heterocycles. The van der Waals surface area contributed by atoms with Gasteiger partial charge in [-0.25, -0.2) is 0 Å². The Kier molecular flexibility index (Phi) is 5.90. The van der Waals surface area contributed by atoms with Gasteiger partial charge in [0, 0.05) is 0 Å². The van der Waals surface area contributed by atoms with Crippen LogP contribution in [0, 0.1) is 11.3 Å². The van der Waals surface area contributed by atoms with Gasteiger partial charge in [0.05, 0.1) is 17.4 Å². The van der Waals surface area contributed by atoms with Crippen molar-refractivity contribution in [1.29, 1.82) is 5.26 Å². The molecule has 0 aliphatic carbocycles. The first-order chi connectivity index (χ1) is 8.00. The molecular formula is C10H15BrF3NO2Si. The molecule has 0 amide bonds. The van der Waals surface area contributed by atoms with Crippen LogP contribution in [0.4, 0.5) is 13.2 Å². The van der Waals surface area contributed by atoms with E-state index in [0.29, 0.717) is 0 Å². The molecule has 0 spiro atoms. The molecule has 8 heteroatoms. The zero-order valence-corrected chi connectivity index (χ0v) is 13.1. The Morgan fingerprint density at radius 3 is 2.17 bits per heavy atom. The van der Waals surface area contributed by atoms with Gasteiger partial charge in [0.2, 0.25) is 0 Å². The Morgan fingerprint density at radius 2 is 1.89 bits per heavy atom. The molecule has 1 unspecified atom stereocenters. The van der Waals surface area contributed by atoms with Crippen molar-refractivity contribution in [3.63, 3.8) is 0 Å². The molecule has 0 aliphatic rings. The van der Waals surface area contributed by atoms with E-state index >= 15 is 0 Å². The van der Waals surface area contributed by atoms with E-state index in [-0.39, 0.29) is 6.61 Å². The number of alkyl halides is 3. The second-order valence-corrected chi connectivity index (χ2v) is 9.71. The molecule has 104 valence electrons. The minimum atomic E-state index is -4.85. The third-order valence-electron chi connectivity index (χ3n) is 1.71. The topological polar surface area (TPSA) is 42.2 Å². The van der Waals surface area contributed by atoms with E-state index in [0.717, 1.165) is 6.26 Å². The summed E-state index contributed by atoms with van der Waals surface area (Å²) in [6.07, 6.45) is -3.99. The van der Waals surface area contributed by atoms with Crippen LogP contribution in [-0.4, -0.2) is 26.7 Å². The maximum Gasteiger partial charge on any atom is 0.435 e. The first kappa shape index (κ1) is 17.5. The lowest BCUT2D eigenvalue weighted by Gasteiger charge is -2.34. The van der Waals surface area contributed by atoms with Crippen molar-refractivity contribution in [1.82, 2.24) is 0 Å². The molecule has 0 aromatic rings. The first-order valence-corrected chi connectivity index (χ1v) is 9.36. The minimum absolute atomic E-state index is 0.196. The normalized spacial score (nSPS) is 16.9. The molecule has 0 radical (unpaired) electrons. The Hall–Kier alpha value is -0.523. The summed E-state index contributed by atoms with van der Waals surface area (Å²) in [6.45, 7) is 6.54. The van der Waals surface area contributed by atoms with Crippen molar-refractivity contribution in [3.8, 4) is 6.07 Å². The van der Waals surface area contributed by atoms with Crippen molar-refractivity contribution < 1.29 is 22.3 Å². The molecule has 1 atom stereocenters. The summed E-state index contributed by atoms with van der Waals surface area (Å²) in [5.41, 5.74) is -3.01. The number of ether oxygens (including phenoxy) is 1. The molecular weight excluding hydrogens is 331 g/mol. The third-order valence-corrected chi connectivity index (χ3v) is 3.37.